The first-order valence-corrected chi connectivity index (χ1v) is 6.11. The minimum Gasteiger partial charge on any atom is -0.320 e. The molecule has 19 heavy (non-hydrogen) atoms. The highest BCUT2D eigenvalue weighted by atomic mass is 15.1. The van der Waals surface area contributed by atoms with Gasteiger partial charge in [-0.3, -0.25) is 5.10 Å². The molecule has 0 radical (unpaired) electrons. The molecular weight excluding hydrogens is 234 g/mol. The molecule has 3 rings (SSSR count). The average Bonchev–Trinajstić information content (AvgIpc) is 2.89. The second-order valence-electron chi connectivity index (χ2n) is 4.20. The zero-order valence-corrected chi connectivity index (χ0v) is 10.4. The molecule has 0 saturated carbocycles. The van der Waals surface area contributed by atoms with Gasteiger partial charge in [0.05, 0.1) is 17.8 Å². The number of aromatic amines is 1. The molecule has 0 saturated heterocycles. The molecule has 0 aliphatic heterocycles. The molecule has 3 aromatic rings. The van der Waals surface area contributed by atoms with Gasteiger partial charge in [0.15, 0.2) is 0 Å². The first-order chi connectivity index (χ1) is 9.38. The molecule has 0 aliphatic carbocycles. The van der Waals surface area contributed by atoms with E-state index in [1.807, 2.05) is 36.4 Å². The molecule has 3 nitrogen and oxygen atoms in total. The molecule has 0 spiro atoms. The quantitative estimate of drug-likeness (QED) is 0.649. The van der Waals surface area contributed by atoms with E-state index in [1.165, 1.54) is 0 Å². The van der Waals surface area contributed by atoms with Gasteiger partial charge in [0, 0.05) is 16.5 Å². The van der Waals surface area contributed by atoms with Gasteiger partial charge in [-0.15, -0.1) is 0 Å². The predicted octanol–water partition coefficient (Wildman–Crippen LogP) is 2.54. The second-order valence-corrected chi connectivity index (χ2v) is 4.20. The number of fused-ring (bicyclic) bond motifs is 1. The fourth-order valence-corrected chi connectivity index (χ4v) is 2.07. The molecule has 0 aliphatic rings. The Balaban J connectivity index is 2.10. The fourth-order valence-electron chi connectivity index (χ4n) is 2.07. The van der Waals surface area contributed by atoms with E-state index in [2.05, 4.69) is 34.2 Å². The lowest BCUT2D eigenvalue weighted by Gasteiger charge is -1.97. The molecule has 3 N–H and O–H groups in total. The van der Waals surface area contributed by atoms with Crippen LogP contribution in [0, 0.1) is 11.8 Å². The van der Waals surface area contributed by atoms with E-state index in [4.69, 9.17) is 5.73 Å². The maximum absolute atomic E-state index is 5.38. The van der Waals surface area contributed by atoms with Crippen molar-refractivity contribution < 1.29 is 0 Å². The van der Waals surface area contributed by atoms with Gasteiger partial charge in [0.2, 0.25) is 0 Å². The first kappa shape index (κ1) is 11.5. The van der Waals surface area contributed by atoms with Crippen molar-refractivity contribution in [2.45, 2.75) is 0 Å². The van der Waals surface area contributed by atoms with Gasteiger partial charge in [0.1, 0.15) is 0 Å². The van der Waals surface area contributed by atoms with E-state index in [0.29, 0.717) is 6.54 Å². The van der Waals surface area contributed by atoms with Crippen LogP contribution in [0.1, 0.15) is 5.56 Å². The summed E-state index contributed by atoms with van der Waals surface area (Å²) in [5, 5.41) is 8.54. The van der Waals surface area contributed by atoms with Crippen molar-refractivity contribution in [3.63, 3.8) is 0 Å². The zero-order valence-electron chi connectivity index (χ0n) is 10.4. The Morgan fingerprint density at radius 3 is 2.74 bits per heavy atom. The number of hydrogen-bond donors (Lipinski definition) is 2. The number of nitrogens with zero attached hydrogens (tertiary/aromatic N) is 1. The highest BCUT2D eigenvalue weighted by Gasteiger charge is 2.07. The van der Waals surface area contributed by atoms with E-state index in [0.717, 1.165) is 27.7 Å². The number of rotatable bonds is 1. The van der Waals surface area contributed by atoms with E-state index < -0.39 is 0 Å². The molecule has 0 fully saturated rings. The topological polar surface area (TPSA) is 54.7 Å². The lowest BCUT2D eigenvalue weighted by Crippen LogP contribution is -1.92. The van der Waals surface area contributed by atoms with Gasteiger partial charge in [0.25, 0.3) is 0 Å². The van der Waals surface area contributed by atoms with Crippen LogP contribution in [0.3, 0.4) is 0 Å². The van der Waals surface area contributed by atoms with Crippen LogP contribution in [-0.4, -0.2) is 16.7 Å². The molecule has 2 aromatic carbocycles. The van der Waals surface area contributed by atoms with Crippen LogP contribution >= 0.6 is 0 Å². The first-order valence-electron chi connectivity index (χ1n) is 6.11. The van der Waals surface area contributed by atoms with Gasteiger partial charge < -0.3 is 5.73 Å². The summed E-state index contributed by atoms with van der Waals surface area (Å²) in [4.78, 5) is 0. The van der Waals surface area contributed by atoms with Crippen LogP contribution in [-0.2, 0) is 0 Å². The molecule has 1 heterocycles. The Kier molecular flexibility index (Phi) is 3.01. The van der Waals surface area contributed by atoms with Crippen molar-refractivity contribution in [2.24, 2.45) is 5.73 Å². The predicted molar refractivity (Wildman–Crippen MR) is 77.5 cm³/mol. The average molecular weight is 247 g/mol. The van der Waals surface area contributed by atoms with Gasteiger partial charge in [-0.25, -0.2) is 0 Å². The summed E-state index contributed by atoms with van der Waals surface area (Å²) in [5.74, 6) is 5.87. The number of nitrogens with one attached hydrogen (secondary N) is 1. The highest BCUT2D eigenvalue weighted by Crippen LogP contribution is 2.26. The van der Waals surface area contributed by atoms with Crippen LogP contribution in [0.25, 0.3) is 22.2 Å². The third-order valence-electron chi connectivity index (χ3n) is 2.94. The van der Waals surface area contributed by atoms with Gasteiger partial charge >= 0.3 is 0 Å². The smallest absolute Gasteiger partial charge is 0.0999 e. The minimum atomic E-state index is 0.371. The molecule has 92 valence electrons. The van der Waals surface area contributed by atoms with Crippen molar-refractivity contribution >= 4 is 10.9 Å². The molecule has 0 unspecified atom stereocenters. The van der Waals surface area contributed by atoms with Crippen molar-refractivity contribution in [2.75, 3.05) is 6.54 Å². The summed E-state index contributed by atoms with van der Waals surface area (Å²) in [6.45, 7) is 0.371. The van der Waals surface area contributed by atoms with E-state index in [1.54, 1.807) is 0 Å². The van der Waals surface area contributed by atoms with Crippen LogP contribution in [0.2, 0.25) is 0 Å². The zero-order chi connectivity index (χ0) is 13.1. The summed E-state index contributed by atoms with van der Waals surface area (Å²) in [6.07, 6.45) is 0. The molecular formula is C16H13N3. The number of hydrogen-bond acceptors (Lipinski definition) is 2. The Hall–Kier alpha value is -2.57. The van der Waals surface area contributed by atoms with Crippen LogP contribution in [0.5, 0.6) is 0 Å². The van der Waals surface area contributed by atoms with Crippen LogP contribution < -0.4 is 5.73 Å². The summed E-state index contributed by atoms with van der Waals surface area (Å²) >= 11 is 0. The molecule has 0 atom stereocenters. The standard InChI is InChI=1S/C16H13N3/c17-10-4-5-12-8-9-14-15(11-12)18-19-16(14)13-6-2-1-3-7-13/h1-3,6-9,11H,10,17H2,(H,18,19). The van der Waals surface area contributed by atoms with E-state index in [-0.39, 0.29) is 0 Å². The van der Waals surface area contributed by atoms with Crippen molar-refractivity contribution in [1.29, 1.82) is 0 Å². The normalized spacial score (nSPS) is 10.2. The maximum atomic E-state index is 5.38. The lowest BCUT2D eigenvalue weighted by atomic mass is 10.1. The Labute approximate surface area is 111 Å². The fraction of sp³-hybridized carbons (Fsp3) is 0.0625. The Bertz CT molecular complexity index is 761. The number of nitrogens with two attached hydrogens (primary N) is 1. The highest BCUT2D eigenvalue weighted by molar-refractivity contribution is 5.93. The van der Waals surface area contributed by atoms with Gasteiger partial charge in [-0.05, 0) is 18.2 Å². The Morgan fingerprint density at radius 1 is 1.11 bits per heavy atom. The molecule has 0 amide bonds. The summed E-state index contributed by atoms with van der Waals surface area (Å²) < 4.78 is 0. The number of H-pyrrole nitrogens is 1. The van der Waals surface area contributed by atoms with Crippen LogP contribution in [0.4, 0.5) is 0 Å². The van der Waals surface area contributed by atoms with Gasteiger partial charge in [-0.1, -0.05) is 42.2 Å². The minimum absolute atomic E-state index is 0.371. The molecule has 0 bridgehead atoms. The summed E-state index contributed by atoms with van der Waals surface area (Å²) in [6, 6.07) is 16.2. The largest absolute Gasteiger partial charge is 0.320 e. The SMILES string of the molecule is NCC#Cc1ccc2c(-c3ccccc3)n[nH]c2c1. The molecule has 3 heteroatoms. The summed E-state index contributed by atoms with van der Waals surface area (Å²) in [5.41, 5.74) is 9.38. The van der Waals surface area contributed by atoms with Crippen LogP contribution in [0.15, 0.2) is 48.5 Å². The lowest BCUT2D eigenvalue weighted by molar-refractivity contribution is 1.12. The monoisotopic (exact) mass is 247 g/mol. The summed E-state index contributed by atoms with van der Waals surface area (Å²) in [7, 11) is 0. The van der Waals surface area contributed by atoms with E-state index in [9.17, 15) is 0 Å². The van der Waals surface area contributed by atoms with E-state index >= 15 is 0 Å². The van der Waals surface area contributed by atoms with Crippen molar-refractivity contribution in [1.82, 2.24) is 10.2 Å². The number of benzene rings is 2. The van der Waals surface area contributed by atoms with Crippen molar-refractivity contribution in [3.05, 3.63) is 54.1 Å². The number of aromatic nitrogens is 2. The Morgan fingerprint density at radius 2 is 1.95 bits per heavy atom. The second kappa shape index (κ2) is 4.97. The maximum Gasteiger partial charge on any atom is 0.0999 e. The van der Waals surface area contributed by atoms with Gasteiger partial charge in [-0.2, -0.15) is 5.10 Å². The third-order valence-corrected chi connectivity index (χ3v) is 2.94. The molecule has 1 aromatic heterocycles. The third kappa shape index (κ3) is 2.22. The van der Waals surface area contributed by atoms with Crippen molar-refractivity contribution in [3.8, 4) is 23.1 Å².